The van der Waals surface area contributed by atoms with Gasteiger partial charge in [-0.15, -0.1) is 0 Å². The topological polar surface area (TPSA) is 109 Å². The van der Waals surface area contributed by atoms with Crippen LogP contribution < -0.4 is 29.0 Å². The number of hydrogen-bond donors (Lipinski definition) is 1. The van der Waals surface area contributed by atoms with Gasteiger partial charge in [-0.2, -0.15) is 0 Å². The van der Waals surface area contributed by atoms with Crippen molar-refractivity contribution in [2.24, 2.45) is 5.92 Å². The van der Waals surface area contributed by atoms with Gasteiger partial charge in [0.05, 0.1) is 27.4 Å². The van der Waals surface area contributed by atoms with Gasteiger partial charge in [-0.05, 0) is 66.2 Å². The summed E-state index contributed by atoms with van der Waals surface area (Å²) in [5, 5.41) is 2.54. The monoisotopic (exact) mass is 479 g/mol. The van der Waals surface area contributed by atoms with Crippen LogP contribution in [0.4, 0.5) is 0 Å². The standard InChI is InChI=1S/C26H25NO8/c1-31-18-6-4-17(5-7-18)24(27-16-28)23(25(29)34-21-12-8-19(32-2)9-13-21)26(30)35-22-14-10-20(33-3)11-15-22/h4-16,23-24H,1-3H3,(H,27,28)/t24-/m1/s1. The number of esters is 2. The van der Waals surface area contributed by atoms with Crippen LogP contribution >= 0.6 is 0 Å². The van der Waals surface area contributed by atoms with Crippen molar-refractivity contribution in [2.75, 3.05) is 21.3 Å². The smallest absolute Gasteiger partial charge is 0.328 e. The average Bonchev–Trinajstić information content (AvgIpc) is 2.89. The number of carbonyl (C=O) groups excluding carboxylic acids is 3. The van der Waals surface area contributed by atoms with Crippen LogP contribution in [0.5, 0.6) is 28.7 Å². The largest absolute Gasteiger partial charge is 0.497 e. The van der Waals surface area contributed by atoms with Gasteiger partial charge in [-0.25, -0.2) is 0 Å². The van der Waals surface area contributed by atoms with Gasteiger partial charge in [0.2, 0.25) is 6.41 Å². The van der Waals surface area contributed by atoms with E-state index in [0.29, 0.717) is 29.2 Å². The van der Waals surface area contributed by atoms with Crippen LogP contribution in [-0.4, -0.2) is 39.7 Å². The van der Waals surface area contributed by atoms with Crippen molar-refractivity contribution >= 4 is 18.3 Å². The number of hydrogen-bond acceptors (Lipinski definition) is 8. The number of amides is 1. The van der Waals surface area contributed by atoms with Gasteiger partial charge in [-0.3, -0.25) is 14.4 Å². The van der Waals surface area contributed by atoms with Gasteiger partial charge in [0.1, 0.15) is 28.7 Å². The highest BCUT2D eigenvalue weighted by molar-refractivity contribution is 5.98. The first-order chi connectivity index (χ1) is 17.0. The molecule has 0 bridgehead atoms. The number of benzene rings is 3. The van der Waals surface area contributed by atoms with E-state index < -0.39 is 23.9 Å². The molecule has 1 amide bonds. The lowest BCUT2D eigenvalue weighted by atomic mass is 9.92. The van der Waals surface area contributed by atoms with Crippen LogP contribution in [-0.2, 0) is 14.4 Å². The molecule has 0 aromatic heterocycles. The van der Waals surface area contributed by atoms with E-state index in [1.165, 1.54) is 45.6 Å². The first kappa shape index (κ1) is 25.1. The van der Waals surface area contributed by atoms with E-state index in [1.807, 2.05) is 0 Å². The lowest BCUT2D eigenvalue weighted by Crippen LogP contribution is -2.41. The summed E-state index contributed by atoms with van der Waals surface area (Å²) >= 11 is 0. The van der Waals surface area contributed by atoms with Crippen LogP contribution in [0, 0.1) is 5.92 Å². The Morgan fingerprint density at radius 3 is 1.31 bits per heavy atom. The van der Waals surface area contributed by atoms with Crippen molar-refractivity contribution in [2.45, 2.75) is 6.04 Å². The molecule has 0 aliphatic rings. The summed E-state index contributed by atoms with van der Waals surface area (Å²) in [5.74, 6) is -1.27. The fraction of sp³-hybridized carbons (Fsp3) is 0.192. The van der Waals surface area contributed by atoms with Crippen molar-refractivity contribution in [3.8, 4) is 28.7 Å². The van der Waals surface area contributed by atoms with E-state index in [1.54, 1.807) is 48.5 Å². The van der Waals surface area contributed by atoms with Crippen LogP contribution in [0.2, 0.25) is 0 Å². The lowest BCUT2D eigenvalue weighted by molar-refractivity contribution is -0.152. The summed E-state index contributed by atoms with van der Waals surface area (Å²) < 4.78 is 26.3. The minimum Gasteiger partial charge on any atom is -0.497 e. The highest BCUT2D eigenvalue weighted by Crippen LogP contribution is 2.29. The van der Waals surface area contributed by atoms with Gasteiger partial charge in [-0.1, -0.05) is 12.1 Å². The van der Waals surface area contributed by atoms with Gasteiger partial charge in [0, 0.05) is 0 Å². The Morgan fingerprint density at radius 2 is 0.971 bits per heavy atom. The molecule has 0 radical (unpaired) electrons. The maximum atomic E-state index is 13.3. The van der Waals surface area contributed by atoms with Crippen molar-refractivity contribution in [1.82, 2.24) is 5.32 Å². The quantitative estimate of drug-likeness (QED) is 0.193. The maximum absolute atomic E-state index is 13.3. The molecule has 9 nitrogen and oxygen atoms in total. The fourth-order valence-corrected chi connectivity index (χ4v) is 3.28. The van der Waals surface area contributed by atoms with Gasteiger partial charge < -0.3 is 29.0 Å². The van der Waals surface area contributed by atoms with Crippen LogP contribution in [0.1, 0.15) is 11.6 Å². The molecule has 3 rings (SSSR count). The van der Waals surface area contributed by atoms with E-state index in [-0.39, 0.29) is 11.5 Å². The molecule has 0 aliphatic heterocycles. The molecule has 1 atom stereocenters. The molecule has 35 heavy (non-hydrogen) atoms. The molecular weight excluding hydrogens is 454 g/mol. The van der Waals surface area contributed by atoms with Crippen LogP contribution in [0.25, 0.3) is 0 Å². The van der Waals surface area contributed by atoms with Gasteiger partial charge in [0.15, 0.2) is 5.92 Å². The lowest BCUT2D eigenvalue weighted by Gasteiger charge is -2.24. The normalized spacial score (nSPS) is 11.2. The van der Waals surface area contributed by atoms with E-state index in [0.717, 1.165) is 0 Å². The summed E-state index contributed by atoms with van der Waals surface area (Å²) in [4.78, 5) is 38.0. The number of nitrogens with one attached hydrogen (secondary N) is 1. The summed E-state index contributed by atoms with van der Waals surface area (Å²) in [7, 11) is 4.53. The van der Waals surface area contributed by atoms with Crippen LogP contribution in [0.3, 0.4) is 0 Å². The molecule has 182 valence electrons. The molecule has 0 spiro atoms. The van der Waals surface area contributed by atoms with Crippen molar-refractivity contribution in [3.05, 3.63) is 78.4 Å². The van der Waals surface area contributed by atoms with E-state index in [2.05, 4.69) is 5.32 Å². The third-order valence-corrected chi connectivity index (χ3v) is 5.12. The third-order valence-electron chi connectivity index (χ3n) is 5.12. The highest BCUT2D eigenvalue weighted by Gasteiger charge is 2.39. The summed E-state index contributed by atoms with van der Waals surface area (Å²) in [6.07, 6.45) is 0.406. The molecule has 9 heteroatoms. The molecule has 0 heterocycles. The van der Waals surface area contributed by atoms with Gasteiger partial charge in [0.25, 0.3) is 0 Å². The van der Waals surface area contributed by atoms with E-state index in [9.17, 15) is 14.4 Å². The summed E-state index contributed by atoms with van der Waals surface area (Å²) in [6, 6.07) is 18.0. The summed E-state index contributed by atoms with van der Waals surface area (Å²) in [6.45, 7) is 0. The van der Waals surface area contributed by atoms with Crippen molar-refractivity contribution < 1.29 is 38.1 Å². The molecular formula is C26H25NO8. The Kier molecular flexibility index (Phi) is 8.66. The molecule has 0 fully saturated rings. The second-order valence-corrected chi connectivity index (χ2v) is 7.21. The van der Waals surface area contributed by atoms with E-state index >= 15 is 0 Å². The SMILES string of the molecule is COc1ccc(OC(=O)C(C(=O)Oc2ccc(OC)cc2)[C@H](NC=O)c2ccc(OC)cc2)cc1. The number of carbonyl (C=O) groups is 3. The van der Waals surface area contributed by atoms with Gasteiger partial charge >= 0.3 is 11.9 Å². The number of rotatable bonds is 11. The number of methoxy groups -OCH3 is 3. The first-order valence-electron chi connectivity index (χ1n) is 10.5. The minimum atomic E-state index is -1.53. The first-order valence-corrected chi connectivity index (χ1v) is 10.5. The second kappa shape index (κ2) is 12.1. The van der Waals surface area contributed by atoms with E-state index in [4.69, 9.17) is 23.7 Å². The maximum Gasteiger partial charge on any atom is 0.328 e. The molecule has 0 aliphatic carbocycles. The van der Waals surface area contributed by atoms with Crippen molar-refractivity contribution in [1.29, 1.82) is 0 Å². The zero-order valence-corrected chi connectivity index (χ0v) is 19.4. The Balaban J connectivity index is 1.93. The predicted octanol–water partition coefficient (Wildman–Crippen LogP) is 3.33. The molecule has 0 saturated carbocycles. The van der Waals surface area contributed by atoms with Crippen LogP contribution in [0.15, 0.2) is 72.8 Å². The molecule has 3 aromatic rings. The zero-order chi connectivity index (χ0) is 25.2. The fourth-order valence-electron chi connectivity index (χ4n) is 3.28. The molecule has 1 N–H and O–H groups in total. The Hall–Kier alpha value is -4.53. The third kappa shape index (κ3) is 6.50. The molecule has 3 aromatic carbocycles. The Bertz CT molecular complexity index is 1070. The molecule has 0 unspecified atom stereocenters. The molecule has 0 saturated heterocycles. The van der Waals surface area contributed by atoms with Crippen molar-refractivity contribution in [3.63, 3.8) is 0 Å². The average molecular weight is 479 g/mol. The summed E-state index contributed by atoms with van der Waals surface area (Å²) in [5.41, 5.74) is 0.473. The highest BCUT2D eigenvalue weighted by atomic mass is 16.6. The minimum absolute atomic E-state index is 0.192. The zero-order valence-electron chi connectivity index (χ0n) is 19.4. The Morgan fingerprint density at radius 1 is 0.629 bits per heavy atom. The number of ether oxygens (including phenoxy) is 5. The predicted molar refractivity (Wildman–Crippen MR) is 126 cm³/mol. The second-order valence-electron chi connectivity index (χ2n) is 7.21. The Labute approximate surface area is 202 Å².